The minimum atomic E-state index is -1.06. The predicted octanol–water partition coefficient (Wildman–Crippen LogP) is 2.55. The first-order chi connectivity index (χ1) is 12.1. The molecule has 1 amide bonds. The maximum Gasteiger partial charge on any atom is 0.241 e. The average Bonchev–Trinajstić information content (AvgIpc) is 2.60. The molecule has 6 nitrogen and oxygen atoms in total. The topological polar surface area (TPSA) is 82.8 Å². The molecule has 0 spiro atoms. The largest absolute Gasteiger partial charge is 0.493 e. The molecule has 146 valence electrons. The number of ether oxygens (including phenoxy) is 3. The van der Waals surface area contributed by atoms with Crippen molar-refractivity contribution in [2.24, 2.45) is 11.1 Å². The van der Waals surface area contributed by atoms with E-state index in [0.29, 0.717) is 30.1 Å². The van der Waals surface area contributed by atoms with E-state index in [9.17, 15) is 9.18 Å². The van der Waals surface area contributed by atoms with Crippen LogP contribution in [0.3, 0.4) is 0 Å². The highest BCUT2D eigenvalue weighted by molar-refractivity contribution is 5.89. The van der Waals surface area contributed by atoms with Crippen LogP contribution in [0, 0.1) is 11.2 Å². The highest BCUT2D eigenvalue weighted by Crippen LogP contribution is 2.50. The number of rotatable bonds is 7. The summed E-state index contributed by atoms with van der Waals surface area (Å²) in [7, 11) is 2.91. The third-order valence-corrected chi connectivity index (χ3v) is 5.55. The van der Waals surface area contributed by atoms with E-state index in [2.05, 4.69) is 5.32 Å². The smallest absolute Gasteiger partial charge is 0.241 e. The Morgan fingerprint density at radius 1 is 1.35 bits per heavy atom. The molecule has 1 aromatic rings. The number of halogens is 1. The summed E-state index contributed by atoms with van der Waals surface area (Å²) in [5.41, 5.74) is 5.11. The van der Waals surface area contributed by atoms with Crippen LogP contribution in [0.1, 0.15) is 45.7 Å². The van der Waals surface area contributed by atoms with Crippen molar-refractivity contribution >= 4 is 5.91 Å². The van der Waals surface area contributed by atoms with E-state index in [4.69, 9.17) is 19.9 Å². The van der Waals surface area contributed by atoms with Crippen LogP contribution in [-0.4, -0.2) is 38.4 Å². The first kappa shape index (κ1) is 20.5. The van der Waals surface area contributed by atoms with Crippen LogP contribution in [0.4, 0.5) is 4.39 Å². The number of benzene rings is 1. The monoisotopic (exact) mass is 368 g/mol. The van der Waals surface area contributed by atoms with Crippen LogP contribution in [0.15, 0.2) is 12.1 Å². The van der Waals surface area contributed by atoms with E-state index in [0.717, 1.165) is 0 Å². The molecular weight excluding hydrogens is 339 g/mol. The number of carbonyl (C=O) groups excluding carboxylic acids is 1. The molecule has 26 heavy (non-hydrogen) atoms. The zero-order valence-electron chi connectivity index (χ0n) is 16.3. The summed E-state index contributed by atoms with van der Waals surface area (Å²) >= 11 is 0. The van der Waals surface area contributed by atoms with Gasteiger partial charge in [-0.15, -0.1) is 0 Å². The first-order valence-corrected chi connectivity index (χ1v) is 8.75. The number of methoxy groups -OCH3 is 2. The fourth-order valence-corrected chi connectivity index (χ4v) is 3.43. The van der Waals surface area contributed by atoms with E-state index in [1.807, 2.05) is 20.8 Å². The summed E-state index contributed by atoms with van der Waals surface area (Å²) in [4.78, 5) is 12.8. The summed E-state index contributed by atoms with van der Waals surface area (Å²) in [6, 6.07) is 2.19. The molecule has 1 aliphatic rings. The van der Waals surface area contributed by atoms with Gasteiger partial charge in [0.05, 0.1) is 26.4 Å². The standard InChI is InChI=1S/C19H29FN2O4/c1-7-26-16-10-19(21,18(16,3)4)17(23)22-11(2)12-8-14(24-5)15(25-6)9-13(12)20/h8-9,11,16H,7,10,21H2,1-6H3,(H,22,23). The van der Waals surface area contributed by atoms with Crippen molar-refractivity contribution in [3.8, 4) is 11.5 Å². The fraction of sp³-hybridized carbons (Fsp3) is 0.632. The molecule has 3 N–H and O–H groups in total. The van der Waals surface area contributed by atoms with Gasteiger partial charge in [-0.2, -0.15) is 0 Å². The van der Waals surface area contributed by atoms with Gasteiger partial charge >= 0.3 is 0 Å². The lowest BCUT2D eigenvalue weighted by atomic mass is 9.54. The highest BCUT2D eigenvalue weighted by Gasteiger charge is 2.62. The van der Waals surface area contributed by atoms with Crippen LogP contribution in [0.25, 0.3) is 0 Å². The Hall–Kier alpha value is -1.86. The molecule has 1 aliphatic carbocycles. The lowest BCUT2D eigenvalue weighted by Crippen LogP contribution is -2.75. The molecule has 0 radical (unpaired) electrons. The number of carbonyl (C=O) groups is 1. The van der Waals surface area contributed by atoms with E-state index in [1.165, 1.54) is 26.4 Å². The number of hydrogen-bond acceptors (Lipinski definition) is 5. The van der Waals surface area contributed by atoms with Gasteiger partial charge in [-0.1, -0.05) is 13.8 Å². The minimum Gasteiger partial charge on any atom is -0.493 e. The highest BCUT2D eigenvalue weighted by atomic mass is 19.1. The molecule has 2 rings (SSSR count). The van der Waals surface area contributed by atoms with Crippen molar-refractivity contribution in [3.63, 3.8) is 0 Å². The Balaban J connectivity index is 2.18. The van der Waals surface area contributed by atoms with Crippen molar-refractivity contribution in [1.29, 1.82) is 0 Å². The maximum atomic E-state index is 14.4. The Morgan fingerprint density at radius 2 is 1.92 bits per heavy atom. The lowest BCUT2D eigenvalue weighted by molar-refractivity contribution is -0.171. The lowest BCUT2D eigenvalue weighted by Gasteiger charge is -2.57. The first-order valence-electron chi connectivity index (χ1n) is 8.75. The second-order valence-electron chi connectivity index (χ2n) is 7.27. The summed E-state index contributed by atoms with van der Waals surface area (Å²) < 4.78 is 30.4. The molecular formula is C19H29FN2O4. The summed E-state index contributed by atoms with van der Waals surface area (Å²) in [6.07, 6.45) is 0.359. The SMILES string of the molecule is CCOC1CC(N)(C(=O)NC(C)c2cc(OC)c(OC)cc2F)C1(C)C. The fourth-order valence-electron chi connectivity index (χ4n) is 3.43. The van der Waals surface area contributed by atoms with Crippen LogP contribution < -0.4 is 20.5 Å². The Kier molecular flexibility index (Phi) is 5.82. The summed E-state index contributed by atoms with van der Waals surface area (Å²) in [5, 5.41) is 2.83. The molecule has 3 unspecified atom stereocenters. The van der Waals surface area contributed by atoms with Crippen LogP contribution in [-0.2, 0) is 9.53 Å². The maximum absolute atomic E-state index is 14.4. The predicted molar refractivity (Wildman–Crippen MR) is 96.8 cm³/mol. The van der Waals surface area contributed by atoms with Gasteiger partial charge in [0.15, 0.2) is 11.5 Å². The second-order valence-corrected chi connectivity index (χ2v) is 7.27. The summed E-state index contributed by atoms with van der Waals surface area (Å²) in [6.45, 7) is 8.01. The summed E-state index contributed by atoms with van der Waals surface area (Å²) in [5.74, 6) is -0.114. The molecule has 1 aromatic carbocycles. The van der Waals surface area contributed by atoms with Crippen molar-refractivity contribution in [1.82, 2.24) is 5.32 Å². The third-order valence-electron chi connectivity index (χ3n) is 5.55. The van der Waals surface area contributed by atoms with Gasteiger partial charge in [0.2, 0.25) is 5.91 Å². The van der Waals surface area contributed by atoms with Gasteiger partial charge in [0.25, 0.3) is 0 Å². The Morgan fingerprint density at radius 3 is 2.42 bits per heavy atom. The molecule has 0 aliphatic heterocycles. The van der Waals surface area contributed by atoms with Gasteiger partial charge in [0.1, 0.15) is 11.4 Å². The molecule has 7 heteroatoms. The number of nitrogens with two attached hydrogens (primary N) is 1. The minimum absolute atomic E-state index is 0.0728. The van der Waals surface area contributed by atoms with Crippen LogP contribution in [0.5, 0.6) is 11.5 Å². The van der Waals surface area contributed by atoms with Gasteiger partial charge in [-0.25, -0.2) is 4.39 Å². The zero-order chi connectivity index (χ0) is 19.7. The van der Waals surface area contributed by atoms with Crippen molar-refractivity contribution < 1.29 is 23.4 Å². The van der Waals surface area contributed by atoms with E-state index >= 15 is 0 Å². The Bertz CT molecular complexity index is 680. The van der Waals surface area contributed by atoms with Crippen molar-refractivity contribution in [2.75, 3.05) is 20.8 Å². The van der Waals surface area contributed by atoms with Gasteiger partial charge in [-0.3, -0.25) is 4.79 Å². The number of nitrogens with one attached hydrogen (secondary N) is 1. The molecule has 1 fully saturated rings. The van der Waals surface area contributed by atoms with Gasteiger partial charge in [0, 0.05) is 30.1 Å². The van der Waals surface area contributed by atoms with E-state index in [-0.39, 0.29) is 12.0 Å². The molecule has 1 saturated carbocycles. The normalized spacial score (nSPS) is 25.2. The molecule has 0 bridgehead atoms. The number of hydrogen-bond donors (Lipinski definition) is 2. The second kappa shape index (κ2) is 7.40. The molecule has 0 aromatic heterocycles. The molecule has 0 saturated heterocycles. The van der Waals surface area contributed by atoms with Crippen molar-refractivity contribution in [2.45, 2.75) is 51.8 Å². The average molecular weight is 368 g/mol. The van der Waals surface area contributed by atoms with Crippen LogP contribution in [0.2, 0.25) is 0 Å². The molecule has 3 atom stereocenters. The quantitative estimate of drug-likeness (QED) is 0.773. The van der Waals surface area contributed by atoms with E-state index < -0.39 is 22.8 Å². The van der Waals surface area contributed by atoms with E-state index in [1.54, 1.807) is 6.92 Å². The van der Waals surface area contributed by atoms with Gasteiger partial charge in [-0.05, 0) is 19.9 Å². The van der Waals surface area contributed by atoms with Gasteiger partial charge < -0.3 is 25.3 Å². The zero-order valence-corrected chi connectivity index (χ0v) is 16.3. The Labute approximate surface area is 154 Å². The number of amides is 1. The molecule has 0 heterocycles. The van der Waals surface area contributed by atoms with Crippen molar-refractivity contribution in [3.05, 3.63) is 23.5 Å². The third kappa shape index (κ3) is 3.25. The van der Waals surface area contributed by atoms with Crippen LogP contribution >= 0.6 is 0 Å².